The fraction of sp³-hybridized carbons (Fsp3) is 0.692. The molecule has 102 valence electrons. The number of rotatable bonds is 2. The number of alkyl carbamates (subject to hydrolysis) is 1. The second-order valence-electron chi connectivity index (χ2n) is 5.77. The lowest BCUT2D eigenvalue weighted by Gasteiger charge is -2.33. The van der Waals surface area contributed by atoms with Crippen molar-refractivity contribution >= 4 is 12.1 Å². The van der Waals surface area contributed by atoms with Crippen molar-refractivity contribution in [2.24, 2.45) is 0 Å². The van der Waals surface area contributed by atoms with Gasteiger partial charge in [0.1, 0.15) is 11.1 Å². The molecular weight excluding hydrogens is 234 g/mol. The topological polar surface area (TPSA) is 75.6 Å². The van der Waals surface area contributed by atoms with Crippen LogP contribution in [0.3, 0.4) is 0 Å². The highest BCUT2D eigenvalue weighted by molar-refractivity contribution is 5.85. The van der Waals surface area contributed by atoms with Crippen LogP contribution in [0.4, 0.5) is 4.79 Å². The molecule has 1 atom stereocenters. The normalized spacial score (nSPS) is 24.1. The first kappa shape index (κ1) is 14.5. The van der Waals surface area contributed by atoms with E-state index in [2.05, 4.69) is 5.32 Å². The Morgan fingerprint density at radius 3 is 2.44 bits per heavy atom. The number of carboxylic acid groups (broad SMARTS) is 1. The van der Waals surface area contributed by atoms with Gasteiger partial charge in [0.15, 0.2) is 0 Å². The van der Waals surface area contributed by atoms with Gasteiger partial charge in [0.2, 0.25) is 0 Å². The van der Waals surface area contributed by atoms with Crippen LogP contribution in [0.5, 0.6) is 0 Å². The number of amides is 1. The summed E-state index contributed by atoms with van der Waals surface area (Å²) < 4.78 is 5.11. The Morgan fingerprint density at radius 1 is 1.44 bits per heavy atom. The van der Waals surface area contributed by atoms with Gasteiger partial charge in [-0.15, -0.1) is 0 Å². The smallest absolute Gasteiger partial charge is 0.408 e. The van der Waals surface area contributed by atoms with E-state index in [1.54, 1.807) is 20.8 Å². The molecule has 0 bridgehead atoms. The molecule has 0 saturated carbocycles. The zero-order valence-electron chi connectivity index (χ0n) is 11.4. The predicted molar refractivity (Wildman–Crippen MR) is 67.3 cm³/mol. The first-order chi connectivity index (χ1) is 8.15. The molecule has 1 aliphatic rings. The first-order valence-electron chi connectivity index (χ1n) is 6.05. The van der Waals surface area contributed by atoms with Crippen LogP contribution in [0.2, 0.25) is 0 Å². The summed E-state index contributed by atoms with van der Waals surface area (Å²) >= 11 is 0. The lowest BCUT2D eigenvalue weighted by atomic mass is 9.83. The quantitative estimate of drug-likeness (QED) is 0.743. The van der Waals surface area contributed by atoms with Gasteiger partial charge in [-0.25, -0.2) is 9.59 Å². The van der Waals surface area contributed by atoms with Crippen molar-refractivity contribution in [3.63, 3.8) is 0 Å². The molecule has 2 N–H and O–H groups in total. The summed E-state index contributed by atoms with van der Waals surface area (Å²) in [6.45, 7) is 7.18. The summed E-state index contributed by atoms with van der Waals surface area (Å²) in [5.74, 6) is -1.02. The molecule has 0 aromatic rings. The van der Waals surface area contributed by atoms with Gasteiger partial charge >= 0.3 is 12.1 Å². The Morgan fingerprint density at radius 2 is 2.06 bits per heavy atom. The Bertz CT molecular complexity index is 381. The number of aliphatic carboxylic acids is 1. The lowest BCUT2D eigenvalue weighted by molar-refractivity contribution is -0.145. The minimum atomic E-state index is -1.23. The van der Waals surface area contributed by atoms with Crippen molar-refractivity contribution in [3.05, 3.63) is 11.6 Å². The van der Waals surface area contributed by atoms with Crippen molar-refractivity contribution in [1.29, 1.82) is 0 Å². The molecule has 0 heterocycles. The number of ether oxygens (including phenoxy) is 1. The fourth-order valence-electron chi connectivity index (χ4n) is 1.82. The molecular formula is C13H21NO4. The van der Waals surface area contributed by atoms with E-state index in [0.717, 1.165) is 5.57 Å². The molecule has 1 amide bonds. The van der Waals surface area contributed by atoms with Gasteiger partial charge in [0.25, 0.3) is 0 Å². The molecule has 1 aliphatic carbocycles. The van der Waals surface area contributed by atoms with Crippen LogP contribution in [-0.4, -0.2) is 28.3 Å². The van der Waals surface area contributed by atoms with Crippen molar-refractivity contribution in [2.45, 2.75) is 58.1 Å². The zero-order valence-corrected chi connectivity index (χ0v) is 11.4. The maximum atomic E-state index is 11.7. The Labute approximate surface area is 107 Å². The molecule has 5 nitrogen and oxygen atoms in total. The molecule has 0 radical (unpaired) electrons. The number of carbonyl (C=O) groups excluding carboxylic acids is 1. The highest BCUT2D eigenvalue weighted by Crippen LogP contribution is 2.28. The number of hydrogen-bond acceptors (Lipinski definition) is 3. The average molecular weight is 255 g/mol. The van der Waals surface area contributed by atoms with Gasteiger partial charge in [-0.1, -0.05) is 11.6 Å². The number of hydrogen-bond donors (Lipinski definition) is 2. The van der Waals surface area contributed by atoms with E-state index >= 15 is 0 Å². The molecule has 0 spiro atoms. The van der Waals surface area contributed by atoms with E-state index in [1.165, 1.54) is 0 Å². The molecule has 5 heteroatoms. The molecule has 0 aromatic carbocycles. The van der Waals surface area contributed by atoms with E-state index < -0.39 is 23.2 Å². The summed E-state index contributed by atoms with van der Waals surface area (Å²) in [6, 6.07) is 0. The summed E-state index contributed by atoms with van der Waals surface area (Å²) in [6.07, 6.45) is 2.53. The molecule has 0 saturated heterocycles. The van der Waals surface area contributed by atoms with Gasteiger partial charge < -0.3 is 15.2 Å². The SMILES string of the molecule is CC1=CC[C@@](NC(=O)OC(C)(C)C)(C(=O)O)CC1. The fourth-order valence-corrected chi connectivity index (χ4v) is 1.82. The molecule has 0 unspecified atom stereocenters. The number of allylic oxidation sites excluding steroid dienone is 1. The minimum absolute atomic E-state index is 0.299. The average Bonchev–Trinajstić information content (AvgIpc) is 2.18. The van der Waals surface area contributed by atoms with Crippen LogP contribution in [-0.2, 0) is 9.53 Å². The summed E-state index contributed by atoms with van der Waals surface area (Å²) in [5.41, 5.74) is -0.718. The van der Waals surface area contributed by atoms with Gasteiger partial charge in [-0.2, -0.15) is 0 Å². The zero-order chi connectivity index (χ0) is 14.0. The van der Waals surface area contributed by atoms with Gasteiger partial charge in [0.05, 0.1) is 0 Å². The monoisotopic (exact) mass is 255 g/mol. The van der Waals surface area contributed by atoms with Gasteiger partial charge in [0, 0.05) is 0 Å². The predicted octanol–water partition coefficient (Wildman–Crippen LogP) is 2.46. The summed E-state index contributed by atoms with van der Waals surface area (Å²) in [5, 5.41) is 11.8. The Balaban J connectivity index is 2.77. The van der Waals surface area contributed by atoms with Crippen molar-refractivity contribution in [3.8, 4) is 0 Å². The molecule has 0 fully saturated rings. The van der Waals surface area contributed by atoms with Crippen molar-refractivity contribution in [1.82, 2.24) is 5.32 Å². The molecule has 1 rings (SSSR count). The van der Waals surface area contributed by atoms with E-state index in [4.69, 9.17) is 4.74 Å². The number of carboxylic acids is 1. The van der Waals surface area contributed by atoms with Gasteiger partial charge in [-0.05, 0) is 47.0 Å². The Hall–Kier alpha value is -1.52. The van der Waals surface area contributed by atoms with Crippen LogP contribution < -0.4 is 5.32 Å². The van der Waals surface area contributed by atoms with Gasteiger partial charge in [-0.3, -0.25) is 0 Å². The summed E-state index contributed by atoms with van der Waals surface area (Å²) in [7, 11) is 0. The molecule has 18 heavy (non-hydrogen) atoms. The third kappa shape index (κ3) is 3.75. The highest BCUT2D eigenvalue weighted by atomic mass is 16.6. The maximum absolute atomic E-state index is 11.7. The molecule has 0 aliphatic heterocycles. The van der Waals surface area contributed by atoms with E-state index in [-0.39, 0.29) is 0 Å². The van der Waals surface area contributed by atoms with Crippen molar-refractivity contribution in [2.75, 3.05) is 0 Å². The van der Waals surface area contributed by atoms with Crippen molar-refractivity contribution < 1.29 is 19.4 Å². The second kappa shape index (κ2) is 5.00. The minimum Gasteiger partial charge on any atom is -0.479 e. The van der Waals surface area contributed by atoms with E-state index in [9.17, 15) is 14.7 Å². The highest BCUT2D eigenvalue weighted by Gasteiger charge is 2.41. The number of nitrogens with one attached hydrogen (secondary N) is 1. The maximum Gasteiger partial charge on any atom is 0.408 e. The van der Waals surface area contributed by atoms with Crippen LogP contribution >= 0.6 is 0 Å². The first-order valence-corrected chi connectivity index (χ1v) is 6.05. The Kier molecular flexibility index (Phi) is 4.04. The van der Waals surface area contributed by atoms with Crippen LogP contribution in [0.15, 0.2) is 11.6 Å². The standard InChI is InChI=1S/C13H21NO4/c1-9-5-7-13(8-6-9,10(15)16)14-11(17)18-12(2,3)4/h5H,6-8H2,1-4H3,(H,14,17)(H,15,16)/t13-/m0/s1. The lowest BCUT2D eigenvalue weighted by Crippen LogP contribution is -2.56. The van der Waals surface area contributed by atoms with E-state index in [0.29, 0.717) is 19.3 Å². The van der Waals surface area contributed by atoms with Crippen LogP contribution in [0.25, 0.3) is 0 Å². The van der Waals surface area contributed by atoms with Crippen LogP contribution in [0.1, 0.15) is 47.0 Å². The molecule has 0 aromatic heterocycles. The summed E-state index contributed by atoms with van der Waals surface area (Å²) in [4.78, 5) is 23.1. The van der Waals surface area contributed by atoms with Crippen LogP contribution in [0, 0.1) is 0 Å². The van der Waals surface area contributed by atoms with E-state index in [1.807, 2.05) is 13.0 Å². The largest absolute Gasteiger partial charge is 0.479 e. The number of carbonyl (C=O) groups is 2. The second-order valence-corrected chi connectivity index (χ2v) is 5.77. The third-order valence-corrected chi connectivity index (χ3v) is 2.89. The third-order valence-electron chi connectivity index (χ3n) is 2.89.